The molecule has 1 aliphatic heterocycles. The summed E-state index contributed by atoms with van der Waals surface area (Å²) in [4.78, 5) is 14.3. The molecule has 1 amide bonds. The summed E-state index contributed by atoms with van der Waals surface area (Å²) in [6, 6.07) is 8.04. The third-order valence-electron chi connectivity index (χ3n) is 3.89. The van der Waals surface area contributed by atoms with Gasteiger partial charge in [-0.15, -0.1) is 0 Å². The quantitative estimate of drug-likeness (QED) is 0.783. The van der Waals surface area contributed by atoms with Gasteiger partial charge in [-0.25, -0.2) is 0 Å². The van der Waals surface area contributed by atoms with Gasteiger partial charge in [0.2, 0.25) is 5.91 Å². The van der Waals surface area contributed by atoms with E-state index in [1.165, 1.54) is 0 Å². The van der Waals surface area contributed by atoms with Crippen molar-refractivity contribution in [2.45, 2.75) is 26.3 Å². The lowest BCUT2D eigenvalue weighted by atomic mass is 9.80. The molecule has 1 heterocycles. The maximum absolute atomic E-state index is 12.1. The zero-order chi connectivity index (χ0) is 14.8. The molecule has 0 spiro atoms. The number of nitrogens with two attached hydrogens (primary N) is 1. The van der Waals surface area contributed by atoms with Gasteiger partial charge in [-0.05, 0) is 58.7 Å². The van der Waals surface area contributed by atoms with E-state index in [0.717, 1.165) is 28.8 Å². The monoisotopic (exact) mass is 387 g/mol. The van der Waals surface area contributed by atoms with Gasteiger partial charge in [0.15, 0.2) is 0 Å². The molecular weight excluding hydrogens is 365 g/mol. The number of hydrogen-bond donors (Lipinski definition) is 2. The molecule has 0 radical (unpaired) electrons. The molecule has 1 aliphatic rings. The van der Waals surface area contributed by atoms with Gasteiger partial charge in [-0.1, -0.05) is 13.8 Å². The maximum atomic E-state index is 12.1. The van der Waals surface area contributed by atoms with Crippen molar-refractivity contribution < 1.29 is 4.79 Å². The second-order valence-electron chi connectivity index (χ2n) is 6.15. The molecule has 2 rings (SSSR count). The van der Waals surface area contributed by atoms with Gasteiger partial charge in [0.05, 0.1) is 6.54 Å². The molecule has 1 atom stereocenters. The predicted molar refractivity (Wildman–Crippen MR) is 90.6 cm³/mol. The van der Waals surface area contributed by atoms with Crippen molar-refractivity contribution >= 4 is 34.2 Å². The summed E-state index contributed by atoms with van der Waals surface area (Å²) in [5.74, 6) is 0.0393. The molecule has 0 saturated carbocycles. The Hall–Kier alpha value is -0.660. The Morgan fingerprint density at radius 2 is 2.10 bits per heavy atom. The number of carbonyl (C=O) groups excluding carboxylic acids is 1. The summed E-state index contributed by atoms with van der Waals surface area (Å²) in [5.41, 5.74) is 7.04. The third-order valence-corrected chi connectivity index (χ3v) is 4.61. The lowest BCUT2D eigenvalue weighted by Crippen LogP contribution is -2.53. The average molecular weight is 387 g/mol. The van der Waals surface area contributed by atoms with Crippen molar-refractivity contribution in [3.05, 3.63) is 27.8 Å². The van der Waals surface area contributed by atoms with Crippen molar-refractivity contribution in [2.75, 3.05) is 25.0 Å². The van der Waals surface area contributed by atoms with E-state index >= 15 is 0 Å². The lowest BCUT2D eigenvalue weighted by Gasteiger charge is -2.42. The number of rotatable bonds is 3. The number of piperidine rings is 1. The van der Waals surface area contributed by atoms with Crippen molar-refractivity contribution in [1.29, 1.82) is 0 Å². The van der Waals surface area contributed by atoms with E-state index in [1.807, 2.05) is 24.3 Å². The lowest BCUT2D eigenvalue weighted by molar-refractivity contribution is -0.118. The predicted octanol–water partition coefficient (Wildman–Crippen LogP) is 2.29. The van der Waals surface area contributed by atoms with E-state index in [-0.39, 0.29) is 17.4 Å². The van der Waals surface area contributed by atoms with Crippen LogP contribution in [0.2, 0.25) is 0 Å². The van der Waals surface area contributed by atoms with Crippen LogP contribution in [0.15, 0.2) is 24.3 Å². The molecular formula is C15H22IN3O. The van der Waals surface area contributed by atoms with Crippen LogP contribution in [0.3, 0.4) is 0 Å². The first-order valence-electron chi connectivity index (χ1n) is 6.90. The molecule has 1 fully saturated rings. The van der Waals surface area contributed by atoms with Crippen LogP contribution in [0.25, 0.3) is 0 Å². The summed E-state index contributed by atoms with van der Waals surface area (Å²) >= 11 is 2.25. The number of amides is 1. The summed E-state index contributed by atoms with van der Waals surface area (Å²) in [6.07, 6.45) is 0.948. The van der Waals surface area contributed by atoms with E-state index in [9.17, 15) is 4.79 Å². The van der Waals surface area contributed by atoms with E-state index in [1.54, 1.807) is 0 Å². The second kappa shape index (κ2) is 6.41. The topological polar surface area (TPSA) is 58.4 Å². The van der Waals surface area contributed by atoms with Crippen molar-refractivity contribution in [3.63, 3.8) is 0 Å². The van der Waals surface area contributed by atoms with Gasteiger partial charge >= 0.3 is 0 Å². The van der Waals surface area contributed by atoms with Gasteiger partial charge in [-0.2, -0.15) is 0 Å². The molecule has 20 heavy (non-hydrogen) atoms. The van der Waals surface area contributed by atoms with Gasteiger partial charge in [-0.3, -0.25) is 9.69 Å². The highest BCUT2D eigenvalue weighted by Crippen LogP contribution is 2.27. The van der Waals surface area contributed by atoms with Crippen LogP contribution < -0.4 is 11.1 Å². The standard InChI is InChI=1S/C15H22IN3O/c1-15(2)10-19(8-7-13(15)17)9-14(20)18-12-5-3-11(16)4-6-12/h3-6,13H,7-10,17H2,1-2H3,(H,18,20). The number of carbonyl (C=O) groups is 1. The van der Waals surface area contributed by atoms with Gasteiger partial charge < -0.3 is 11.1 Å². The van der Waals surface area contributed by atoms with Crippen molar-refractivity contribution in [1.82, 2.24) is 4.90 Å². The number of likely N-dealkylation sites (tertiary alicyclic amines) is 1. The molecule has 0 aromatic heterocycles. The second-order valence-corrected chi connectivity index (χ2v) is 7.40. The summed E-state index contributed by atoms with van der Waals surface area (Å²) in [5, 5.41) is 2.94. The molecule has 0 bridgehead atoms. The first-order valence-corrected chi connectivity index (χ1v) is 7.98. The zero-order valence-electron chi connectivity index (χ0n) is 12.0. The molecule has 5 heteroatoms. The first-order chi connectivity index (χ1) is 9.37. The molecule has 0 aliphatic carbocycles. The molecule has 3 N–H and O–H groups in total. The zero-order valence-corrected chi connectivity index (χ0v) is 14.2. The Morgan fingerprint density at radius 1 is 1.45 bits per heavy atom. The van der Waals surface area contributed by atoms with E-state index < -0.39 is 0 Å². The molecule has 4 nitrogen and oxygen atoms in total. The van der Waals surface area contributed by atoms with E-state index in [0.29, 0.717) is 6.54 Å². The first kappa shape index (κ1) is 15.7. The average Bonchev–Trinajstić information content (AvgIpc) is 2.36. The van der Waals surface area contributed by atoms with Crippen LogP contribution in [-0.2, 0) is 4.79 Å². The smallest absolute Gasteiger partial charge is 0.238 e. The van der Waals surface area contributed by atoms with Gasteiger partial charge in [0.25, 0.3) is 0 Å². The van der Waals surface area contributed by atoms with E-state index in [2.05, 4.69) is 46.7 Å². The highest BCUT2D eigenvalue weighted by molar-refractivity contribution is 14.1. The minimum absolute atomic E-state index is 0.0393. The minimum Gasteiger partial charge on any atom is -0.327 e. The van der Waals surface area contributed by atoms with Crippen LogP contribution in [0.5, 0.6) is 0 Å². The summed E-state index contributed by atoms with van der Waals surface area (Å²) in [6.45, 7) is 6.53. The number of halogens is 1. The fourth-order valence-electron chi connectivity index (χ4n) is 2.56. The Balaban J connectivity index is 1.87. The Labute approximate surface area is 134 Å². The maximum Gasteiger partial charge on any atom is 0.238 e. The molecule has 110 valence electrons. The van der Waals surface area contributed by atoms with Crippen molar-refractivity contribution in [2.24, 2.45) is 11.1 Å². The SMILES string of the molecule is CC1(C)CN(CC(=O)Nc2ccc(I)cc2)CCC1N. The van der Waals surface area contributed by atoms with Crippen molar-refractivity contribution in [3.8, 4) is 0 Å². The number of anilines is 1. The molecule has 1 unspecified atom stereocenters. The number of nitrogens with zero attached hydrogens (tertiary/aromatic N) is 1. The van der Waals surface area contributed by atoms with Crippen LogP contribution in [-0.4, -0.2) is 36.5 Å². The van der Waals surface area contributed by atoms with Crippen LogP contribution >= 0.6 is 22.6 Å². The normalized spacial score (nSPS) is 22.5. The number of nitrogens with one attached hydrogen (secondary N) is 1. The highest BCUT2D eigenvalue weighted by atomic mass is 127. The molecule has 1 aromatic carbocycles. The fourth-order valence-corrected chi connectivity index (χ4v) is 2.92. The highest BCUT2D eigenvalue weighted by Gasteiger charge is 2.33. The van der Waals surface area contributed by atoms with Gasteiger partial charge in [0, 0.05) is 28.4 Å². The Morgan fingerprint density at radius 3 is 2.70 bits per heavy atom. The fraction of sp³-hybridized carbons (Fsp3) is 0.533. The minimum atomic E-state index is 0.0393. The summed E-state index contributed by atoms with van der Waals surface area (Å²) < 4.78 is 1.16. The third kappa shape index (κ3) is 4.17. The largest absolute Gasteiger partial charge is 0.327 e. The number of hydrogen-bond acceptors (Lipinski definition) is 3. The molecule has 1 aromatic rings. The summed E-state index contributed by atoms with van der Waals surface area (Å²) in [7, 11) is 0. The molecule has 1 saturated heterocycles. The Kier molecular flexibility index (Phi) is 5.04. The Bertz CT molecular complexity index is 473. The van der Waals surface area contributed by atoms with Crippen LogP contribution in [0.1, 0.15) is 20.3 Å². The van der Waals surface area contributed by atoms with E-state index in [4.69, 9.17) is 5.73 Å². The number of benzene rings is 1. The van der Waals surface area contributed by atoms with Gasteiger partial charge in [0.1, 0.15) is 0 Å². The van der Waals surface area contributed by atoms with Crippen LogP contribution in [0.4, 0.5) is 5.69 Å². The van der Waals surface area contributed by atoms with Crippen LogP contribution in [0, 0.1) is 8.99 Å².